The Morgan fingerprint density at radius 3 is 2.86 bits per heavy atom. The summed E-state index contributed by atoms with van der Waals surface area (Å²) in [5.74, 6) is 0.286. The second-order valence-electron chi connectivity index (χ2n) is 6.88. The minimum atomic E-state index is -0.199. The van der Waals surface area contributed by atoms with E-state index < -0.39 is 0 Å². The normalized spacial score (nSPS) is 19.0. The van der Waals surface area contributed by atoms with Gasteiger partial charge in [-0.15, -0.1) is 4.80 Å². The number of rotatable bonds is 4. The zero-order valence-electron chi connectivity index (χ0n) is 16.0. The summed E-state index contributed by atoms with van der Waals surface area (Å²) in [5.41, 5.74) is 1.66. The highest BCUT2D eigenvalue weighted by molar-refractivity contribution is 7.09. The minimum absolute atomic E-state index is 0.0680. The van der Waals surface area contributed by atoms with E-state index in [-0.39, 0.29) is 18.1 Å². The fraction of sp³-hybridized carbons (Fsp3) is 0.368. The van der Waals surface area contributed by atoms with Crippen molar-refractivity contribution in [3.05, 3.63) is 47.5 Å². The van der Waals surface area contributed by atoms with Crippen LogP contribution in [0, 0.1) is 18.3 Å². The van der Waals surface area contributed by atoms with Crippen LogP contribution in [-0.4, -0.2) is 53.8 Å². The molecule has 9 nitrogen and oxygen atoms in total. The minimum Gasteiger partial charge on any atom is -0.472 e. The van der Waals surface area contributed by atoms with E-state index in [4.69, 9.17) is 10.00 Å². The van der Waals surface area contributed by atoms with Gasteiger partial charge in [-0.3, -0.25) is 4.79 Å². The monoisotopic (exact) mass is 409 g/mol. The van der Waals surface area contributed by atoms with Crippen molar-refractivity contribution in [1.29, 1.82) is 5.26 Å². The lowest BCUT2D eigenvalue weighted by atomic mass is 10.00. The molecule has 0 aliphatic carbocycles. The molecule has 0 N–H and O–H groups in total. The molecule has 1 aliphatic heterocycles. The van der Waals surface area contributed by atoms with Crippen LogP contribution >= 0.6 is 11.5 Å². The Morgan fingerprint density at radius 1 is 1.31 bits per heavy atom. The molecular formula is C19H19N7O2S. The molecule has 0 saturated carbocycles. The zero-order chi connectivity index (χ0) is 20.4. The van der Waals surface area contributed by atoms with Crippen LogP contribution in [-0.2, 0) is 0 Å². The maximum absolute atomic E-state index is 13.4. The van der Waals surface area contributed by atoms with Gasteiger partial charge in [0.2, 0.25) is 5.88 Å². The van der Waals surface area contributed by atoms with Gasteiger partial charge in [0.15, 0.2) is 5.00 Å². The van der Waals surface area contributed by atoms with E-state index in [0.717, 1.165) is 12.8 Å². The number of piperidine rings is 1. The molecule has 0 bridgehead atoms. The lowest BCUT2D eigenvalue weighted by Crippen LogP contribution is -2.49. The van der Waals surface area contributed by atoms with Crippen LogP contribution in [0.3, 0.4) is 0 Å². The molecular weight excluding hydrogens is 390 g/mol. The van der Waals surface area contributed by atoms with E-state index in [1.165, 1.54) is 16.3 Å². The highest BCUT2D eigenvalue weighted by Crippen LogP contribution is 2.28. The third-order valence-corrected chi connectivity index (χ3v) is 5.82. The van der Waals surface area contributed by atoms with Crippen molar-refractivity contribution in [3.63, 3.8) is 0 Å². The van der Waals surface area contributed by atoms with Gasteiger partial charge in [0.25, 0.3) is 5.91 Å². The van der Waals surface area contributed by atoms with E-state index in [1.807, 2.05) is 18.7 Å². The molecule has 2 atom stereocenters. The summed E-state index contributed by atoms with van der Waals surface area (Å²) < 4.78 is 10.3. The average Bonchev–Trinajstić information content (AvgIpc) is 3.38. The maximum atomic E-state index is 13.4. The number of carbonyl (C=O) groups excluding carboxylic acids is 1. The van der Waals surface area contributed by atoms with E-state index in [2.05, 4.69) is 25.6 Å². The van der Waals surface area contributed by atoms with Crippen LogP contribution < -0.4 is 4.74 Å². The Labute approximate surface area is 171 Å². The molecule has 0 unspecified atom stereocenters. The molecule has 4 heterocycles. The molecule has 148 valence electrons. The summed E-state index contributed by atoms with van der Waals surface area (Å²) >= 11 is 1.20. The number of amides is 1. The van der Waals surface area contributed by atoms with Crippen molar-refractivity contribution >= 4 is 17.4 Å². The van der Waals surface area contributed by atoms with E-state index >= 15 is 0 Å². The van der Waals surface area contributed by atoms with Gasteiger partial charge >= 0.3 is 0 Å². The molecule has 29 heavy (non-hydrogen) atoms. The molecule has 3 aromatic rings. The fourth-order valence-electron chi connectivity index (χ4n) is 3.37. The molecule has 1 fully saturated rings. The van der Waals surface area contributed by atoms with Crippen molar-refractivity contribution in [2.24, 2.45) is 0 Å². The fourth-order valence-corrected chi connectivity index (χ4v) is 4.18. The first kappa shape index (κ1) is 19.0. The first-order valence-electron chi connectivity index (χ1n) is 9.23. The molecule has 10 heteroatoms. The van der Waals surface area contributed by atoms with E-state index in [0.29, 0.717) is 34.2 Å². The first-order valence-corrected chi connectivity index (χ1v) is 10.0. The smallest absolute Gasteiger partial charge is 0.259 e. The summed E-state index contributed by atoms with van der Waals surface area (Å²) in [5, 5.41) is 17.9. The van der Waals surface area contributed by atoms with Crippen molar-refractivity contribution < 1.29 is 9.53 Å². The zero-order valence-corrected chi connectivity index (χ0v) is 16.8. The number of nitriles is 1. The molecule has 4 rings (SSSR count). The number of hydrogen-bond acceptors (Lipinski definition) is 8. The van der Waals surface area contributed by atoms with Crippen molar-refractivity contribution in [2.75, 3.05) is 6.54 Å². The van der Waals surface area contributed by atoms with Gasteiger partial charge in [-0.1, -0.05) is 0 Å². The van der Waals surface area contributed by atoms with Crippen molar-refractivity contribution in [2.45, 2.75) is 38.8 Å². The number of hydrogen-bond donors (Lipinski definition) is 0. The predicted molar refractivity (Wildman–Crippen MR) is 105 cm³/mol. The van der Waals surface area contributed by atoms with Crippen LogP contribution in [0.25, 0.3) is 5.00 Å². The molecule has 1 saturated heterocycles. The second kappa shape index (κ2) is 7.97. The van der Waals surface area contributed by atoms with Gasteiger partial charge in [-0.25, -0.2) is 4.98 Å². The third kappa shape index (κ3) is 3.82. The highest BCUT2D eigenvalue weighted by Gasteiger charge is 2.34. The Bertz CT molecular complexity index is 1060. The predicted octanol–water partition coefficient (Wildman–Crippen LogP) is 2.37. The van der Waals surface area contributed by atoms with Gasteiger partial charge in [0, 0.05) is 18.3 Å². The Hall–Kier alpha value is -3.32. The topological polar surface area (TPSA) is 110 Å². The van der Waals surface area contributed by atoms with Gasteiger partial charge in [-0.2, -0.15) is 19.8 Å². The van der Waals surface area contributed by atoms with Crippen molar-refractivity contribution in [3.8, 4) is 17.0 Å². The SMILES string of the molecule is Cc1nsc(-n2nccn2)c1C(=O)N1C[C@H](Oc2cc(C#N)ccn2)CC[C@H]1C. The highest BCUT2D eigenvalue weighted by atomic mass is 32.1. The number of aromatic nitrogens is 5. The molecule has 3 aromatic heterocycles. The molecule has 0 aromatic carbocycles. The molecule has 0 radical (unpaired) electrons. The number of carbonyl (C=O) groups is 1. The standard InChI is InChI=1S/C19H19N7O2S/c1-12-3-4-15(28-16-9-14(10-20)5-6-21-16)11-25(12)18(27)17-13(2)24-29-19(17)26-22-7-8-23-26/h5-9,12,15H,3-4,11H2,1-2H3/t12-,15-/m1/s1. The Morgan fingerprint density at radius 2 is 2.10 bits per heavy atom. The average molecular weight is 409 g/mol. The largest absolute Gasteiger partial charge is 0.472 e. The molecule has 1 aliphatic rings. The van der Waals surface area contributed by atoms with E-state index in [9.17, 15) is 4.79 Å². The maximum Gasteiger partial charge on any atom is 0.259 e. The van der Waals surface area contributed by atoms with Crippen LogP contribution in [0.5, 0.6) is 5.88 Å². The molecule has 1 amide bonds. The summed E-state index contributed by atoms with van der Waals surface area (Å²) in [6, 6.07) is 5.38. The van der Waals surface area contributed by atoms with Gasteiger partial charge in [-0.05, 0) is 44.3 Å². The lowest BCUT2D eigenvalue weighted by molar-refractivity contribution is 0.0372. The Kier molecular flexibility index (Phi) is 5.22. The third-order valence-electron chi connectivity index (χ3n) is 4.91. The van der Waals surface area contributed by atoms with Gasteiger partial charge in [0.05, 0.1) is 36.3 Å². The number of likely N-dealkylation sites (tertiary alicyclic amines) is 1. The number of aryl methyl sites for hydroxylation is 1. The summed E-state index contributed by atoms with van der Waals surface area (Å²) in [6.45, 7) is 4.28. The van der Waals surface area contributed by atoms with Gasteiger partial charge in [0.1, 0.15) is 11.7 Å². The van der Waals surface area contributed by atoms with Gasteiger partial charge < -0.3 is 9.64 Å². The number of pyridine rings is 1. The van der Waals surface area contributed by atoms with Crippen molar-refractivity contribution in [1.82, 2.24) is 29.3 Å². The van der Waals surface area contributed by atoms with Crippen LogP contribution in [0.2, 0.25) is 0 Å². The summed E-state index contributed by atoms with van der Waals surface area (Å²) in [4.78, 5) is 20.8. The number of nitrogens with zero attached hydrogens (tertiary/aromatic N) is 7. The van der Waals surface area contributed by atoms with Crippen LogP contribution in [0.1, 0.15) is 41.4 Å². The number of ether oxygens (including phenoxy) is 1. The summed E-state index contributed by atoms with van der Waals surface area (Å²) in [7, 11) is 0. The van der Waals surface area contributed by atoms with Crippen LogP contribution in [0.15, 0.2) is 30.7 Å². The second-order valence-corrected chi connectivity index (χ2v) is 7.64. The van der Waals surface area contributed by atoms with Crippen LogP contribution in [0.4, 0.5) is 0 Å². The van der Waals surface area contributed by atoms with E-state index in [1.54, 1.807) is 30.7 Å². The summed E-state index contributed by atoms with van der Waals surface area (Å²) in [6.07, 6.45) is 6.09. The molecule has 0 spiro atoms. The lowest BCUT2D eigenvalue weighted by Gasteiger charge is -2.37. The quantitative estimate of drug-likeness (QED) is 0.650. The Balaban J connectivity index is 1.56. The first-order chi connectivity index (χ1) is 14.1.